The van der Waals surface area contributed by atoms with E-state index in [0.29, 0.717) is 18.3 Å². The highest BCUT2D eigenvalue weighted by molar-refractivity contribution is 7.99. The lowest BCUT2D eigenvalue weighted by molar-refractivity contribution is 0.251. The van der Waals surface area contributed by atoms with Crippen LogP contribution in [0, 0.1) is 0 Å². The summed E-state index contributed by atoms with van der Waals surface area (Å²) >= 11 is 1.89. The van der Waals surface area contributed by atoms with Crippen molar-refractivity contribution in [1.29, 1.82) is 0 Å². The van der Waals surface area contributed by atoms with Gasteiger partial charge < -0.3 is 5.73 Å². The molecule has 0 radical (unpaired) electrons. The van der Waals surface area contributed by atoms with Crippen molar-refractivity contribution in [3.63, 3.8) is 0 Å². The van der Waals surface area contributed by atoms with Crippen molar-refractivity contribution >= 4 is 22.0 Å². The van der Waals surface area contributed by atoms with Gasteiger partial charge in [-0.1, -0.05) is 6.42 Å². The third-order valence-corrected chi connectivity index (χ3v) is 7.34. The van der Waals surface area contributed by atoms with Crippen molar-refractivity contribution in [2.24, 2.45) is 5.73 Å². The van der Waals surface area contributed by atoms with E-state index in [1.807, 2.05) is 11.8 Å². The van der Waals surface area contributed by atoms with E-state index >= 15 is 0 Å². The first kappa shape index (κ1) is 16.5. The Bertz CT molecular complexity index is 394. The molecule has 1 heterocycles. The lowest BCUT2D eigenvalue weighted by atomic mass is 9.96. The number of thioether (sulfide) groups is 1. The molecule has 1 unspecified atom stereocenters. The zero-order valence-electron chi connectivity index (χ0n) is 12.3. The van der Waals surface area contributed by atoms with Gasteiger partial charge in [-0.3, -0.25) is 0 Å². The molecule has 5 nitrogen and oxygen atoms in total. The summed E-state index contributed by atoms with van der Waals surface area (Å²) in [5.74, 6) is 0. The summed E-state index contributed by atoms with van der Waals surface area (Å²) in [6.45, 7) is 1.03. The molecule has 20 heavy (non-hydrogen) atoms. The summed E-state index contributed by atoms with van der Waals surface area (Å²) in [5, 5.41) is 0.697. The molecule has 1 aliphatic carbocycles. The number of hydrogen-bond acceptors (Lipinski definition) is 4. The Kier molecular flexibility index (Phi) is 6.16. The zero-order chi connectivity index (χ0) is 14.6. The van der Waals surface area contributed by atoms with Crippen LogP contribution in [-0.4, -0.2) is 49.4 Å². The van der Waals surface area contributed by atoms with Gasteiger partial charge in [0.15, 0.2) is 0 Å². The number of piperidine rings is 1. The van der Waals surface area contributed by atoms with Gasteiger partial charge in [0.1, 0.15) is 0 Å². The average molecular weight is 322 g/mol. The predicted molar refractivity (Wildman–Crippen MR) is 85.0 cm³/mol. The third-order valence-electron chi connectivity index (χ3n) is 4.48. The van der Waals surface area contributed by atoms with E-state index in [4.69, 9.17) is 5.73 Å². The molecule has 0 aromatic rings. The van der Waals surface area contributed by atoms with Crippen LogP contribution in [0.25, 0.3) is 0 Å². The maximum Gasteiger partial charge on any atom is 0.279 e. The smallest absolute Gasteiger partial charge is 0.279 e. The Morgan fingerprint density at radius 3 is 2.50 bits per heavy atom. The van der Waals surface area contributed by atoms with Crippen LogP contribution in [-0.2, 0) is 10.2 Å². The normalized spacial score (nSPS) is 33.2. The average Bonchev–Trinajstić information content (AvgIpc) is 2.47. The summed E-state index contributed by atoms with van der Waals surface area (Å²) in [6, 6.07) is 0.0764. The third kappa shape index (κ3) is 4.10. The number of nitrogens with zero attached hydrogens (tertiary/aromatic N) is 1. The summed E-state index contributed by atoms with van der Waals surface area (Å²) < 4.78 is 29.6. The monoisotopic (exact) mass is 321 g/mol. The molecule has 0 spiro atoms. The van der Waals surface area contributed by atoms with Gasteiger partial charge in [-0.2, -0.15) is 29.2 Å². The number of nitrogens with one attached hydrogen (secondary N) is 1. The molecule has 1 saturated carbocycles. The number of nitrogens with two attached hydrogens (primary N) is 1. The minimum atomic E-state index is -3.37. The van der Waals surface area contributed by atoms with Crippen molar-refractivity contribution < 1.29 is 8.42 Å². The van der Waals surface area contributed by atoms with E-state index in [1.54, 1.807) is 4.31 Å². The summed E-state index contributed by atoms with van der Waals surface area (Å²) in [4.78, 5) is 0. The Morgan fingerprint density at radius 1 is 1.20 bits per heavy atom. The molecule has 0 aromatic carbocycles. The molecule has 2 fully saturated rings. The molecular formula is C13H27N3O2S2. The van der Waals surface area contributed by atoms with E-state index in [1.165, 1.54) is 0 Å². The molecule has 1 aliphatic heterocycles. The predicted octanol–water partition coefficient (Wildman–Crippen LogP) is 1.31. The highest BCUT2D eigenvalue weighted by atomic mass is 32.2. The second-order valence-corrected chi connectivity index (χ2v) is 8.62. The lowest BCUT2D eigenvalue weighted by Gasteiger charge is -2.36. The molecule has 0 bridgehead atoms. The fraction of sp³-hybridized carbons (Fsp3) is 1.00. The maximum atomic E-state index is 12.5. The van der Waals surface area contributed by atoms with Gasteiger partial charge in [0.25, 0.3) is 10.2 Å². The Morgan fingerprint density at radius 2 is 1.90 bits per heavy atom. The van der Waals surface area contributed by atoms with Crippen LogP contribution in [0.4, 0.5) is 0 Å². The van der Waals surface area contributed by atoms with E-state index in [-0.39, 0.29) is 12.1 Å². The van der Waals surface area contributed by atoms with Crippen LogP contribution < -0.4 is 10.5 Å². The SMILES string of the molecule is CSC1CCC(NS(=O)(=O)N2CCCCC2CN)CC1. The zero-order valence-corrected chi connectivity index (χ0v) is 13.9. The Labute approximate surface area is 127 Å². The van der Waals surface area contributed by atoms with Crippen LogP contribution in [0.2, 0.25) is 0 Å². The van der Waals surface area contributed by atoms with Gasteiger partial charge in [0, 0.05) is 30.4 Å². The van der Waals surface area contributed by atoms with Crippen molar-refractivity contribution in [1.82, 2.24) is 9.03 Å². The molecule has 0 aromatic heterocycles. The van der Waals surface area contributed by atoms with Gasteiger partial charge in [-0.15, -0.1) is 0 Å². The van der Waals surface area contributed by atoms with E-state index in [0.717, 1.165) is 44.9 Å². The quantitative estimate of drug-likeness (QED) is 0.800. The highest BCUT2D eigenvalue weighted by Crippen LogP contribution is 2.28. The molecule has 2 rings (SSSR count). The highest BCUT2D eigenvalue weighted by Gasteiger charge is 2.33. The molecule has 3 N–H and O–H groups in total. The molecule has 1 saturated heterocycles. The minimum Gasteiger partial charge on any atom is -0.329 e. The van der Waals surface area contributed by atoms with Crippen LogP contribution in [0.5, 0.6) is 0 Å². The first-order chi connectivity index (χ1) is 9.56. The molecule has 118 valence electrons. The molecular weight excluding hydrogens is 294 g/mol. The molecule has 7 heteroatoms. The molecule has 2 aliphatic rings. The first-order valence-electron chi connectivity index (χ1n) is 7.58. The minimum absolute atomic E-state index is 0.0243. The van der Waals surface area contributed by atoms with E-state index in [2.05, 4.69) is 11.0 Å². The fourth-order valence-corrected chi connectivity index (χ4v) is 5.71. The van der Waals surface area contributed by atoms with Crippen LogP contribution >= 0.6 is 11.8 Å². The van der Waals surface area contributed by atoms with Crippen LogP contribution in [0.1, 0.15) is 44.9 Å². The van der Waals surface area contributed by atoms with Gasteiger partial charge >= 0.3 is 0 Å². The van der Waals surface area contributed by atoms with Crippen molar-refractivity contribution in [2.45, 2.75) is 62.3 Å². The largest absolute Gasteiger partial charge is 0.329 e. The lowest BCUT2D eigenvalue weighted by Crippen LogP contribution is -2.54. The van der Waals surface area contributed by atoms with Gasteiger partial charge in [-0.05, 0) is 44.8 Å². The standard InChI is InChI=1S/C13H27N3O2S2/c1-19-13-7-5-11(6-8-13)15-20(17,18)16-9-3-2-4-12(16)10-14/h11-13,15H,2-10,14H2,1H3. The number of rotatable bonds is 5. The number of hydrogen-bond donors (Lipinski definition) is 2. The van der Waals surface area contributed by atoms with E-state index < -0.39 is 10.2 Å². The Balaban J connectivity index is 1.93. The Hall–Kier alpha value is 0.180. The van der Waals surface area contributed by atoms with Gasteiger partial charge in [-0.25, -0.2) is 0 Å². The van der Waals surface area contributed by atoms with Crippen LogP contribution in [0.15, 0.2) is 0 Å². The second-order valence-electron chi connectivity index (χ2n) is 5.83. The summed E-state index contributed by atoms with van der Waals surface area (Å²) in [5.41, 5.74) is 5.72. The maximum absolute atomic E-state index is 12.5. The van der Waals surface area contributed by atoms with Crippen molar-refractivity contribution in [3.05, 3.63) is 0 Å². The molecule has 0 amide bonds. The van der Waals surface area contributed by atoms with Crippen molar-refractivity contribution in [2.75, 3.05) is 19.3 Å². The van der Waals surface area contributed by atoms with Gasteiger partial charge in [0.2, 0.25) is 0 Å². The first-order valence-corrected chi connectivity index (χ1v) is 10.3. The fourth-order valence-electron chi connectivity index (χ4n) is 3.22. The second kappa shape index (κ2) is 7.45. The van der Waals surface area contributed by atoms with E-state index in [9.17, 15) is 8.42 Å². The topological polar surface area (TPSA) is 75.4 Å². The van der Waals surface area contributed by atoms with Crippen LogP contribution in [0.3, 0.4) is 0 Å². The molecule has 1 atom stereocenters. The summed E-state index contributed by atoms with van der Waals surface area (Å²) in [7, 11) is -3.37. The van der Waals surface area contributed by atoms with Crippen molar-refractivity contribution in [3.8, 4) is 0 Å². The van der Waals surface area contributed by atoms with Gasteiger partial charge in [0.05, 0.1) is 0 Å². The summed E-state index contributed by atoms with van der Waals surface area (Å²) in [6.07, 6.45) is 9.15.